The Kier molecular flexibility index (Phi) is 3.30. The van der Waals surface area contributed by atoms with Crippen LogP contribution in [0.25, 0.3) is 23.0 Å². The van der Waals surface area contributed by atoms with E-state index >= 15 is 0 Å². The second-order valence-electron chi connectivity index (χ2n) is 3.83. The van der Waals surface area contributed by atoms with Gasteiger partial charge in [0.1, 0.15) is 5.69 Å². The number of nitrogens with two attached hydrogens (primary N) is 1. The van der Waals surface area contributed by atoms with E-state index in [2.05, 4.69) is 20.1 Å². The molecule has 0 aromatic carbocycles. The minimum Gasteiger partial charge on any atom is -0.332 e. The van der Waals surface area contributed by atoms with Crippen LogP contribution < -0.4 is 5.73 Å². The molecule has 0 amide bonds. The highest BCUT2D eigenvalue weighted by Crippen LogP contribution is 2.23. The molecule has 0 fully saturated rings. The number of nitrogens with zero attached hydrogens (tertiary/aromatic N) is 4. The molecule has 0 aliphatic carbocycles. The second kappa shape index (κ2) is 5.25. The van der Waals surface area contributed by atoms with Gasteiger partial charge >= 0.3 is 0 Å². The number of pyridine rings is 1. The van der Waals surface area contributed by atoms with E-state index in [9.17, 15) is 0 Å². The van der Waals surface area contributed by atoms with Crippen molar-refractivity contribution in [2.75, 3.05) is 6.54 Å². The summed E-state index contributed by atoms with van der Waals surface area (Å²) < 4.78 is 5.22. The summed E-state index contributed by atoms with van der Waals surface area (Å²) in [5.41, 5.74) is 7.00. The van der Waals surface area contributed by atoms with Gasteiger partial charge in [0.15, 0.2) is 0 Å². The average molecular weight is 273 g/mol. The molecule has 0 saturated heterocycles. The maximum Gasteiger partial charge on any atom is 0.277 e. The molecule has 19 heavy (non-hydrogen) atoms. The predicted molar refractivity (Wildman–Crippen MR) is 71.4 cm³/mol. The number of hydrogen-bond acceptors (Lipinski definition) is 7. The van der Waals surface area contributed by atoms with Crippen molar-refractivity contribution in [3.63, 3.8) is 0 Å². The van der Waals surface area contributed by atoms with Gasteiger partial charge in [-0.2, -0.15) is 4.98 Å². The van der Waals surface area contributed by atoms with Gasteiger partial charge in [-0.15, -0.1) is 11.3 Å². The lowest BCUT2D eigenvalue weighted by molar-refractivity contribution is 0.431. The van der Waals surface area contributed by atoms with Crippen LogP contribution in [0.2, 0.25) is 0 Å². The Morgan fingerprint density at radius 1 is 1.32 bits per heavy atom. The molecule has 2 N–H and O–H groups in total. The van der Waals surface area contributed by atoms with Crippen molar-refractivity contribution in [1.29, 1.82) is 0 Å². The van der Waals surface area contributed by atoms with Crippen LogP contribution in [0.4, 0.5) is 0 Å². The van der Waals surface area contributed by atoms with Crippen LogP contribution >= 0.6 is 11.3 Å². The van der Waals surface area contributed by atoms with Crippen molar-refractivity contribution in [2.45, 2.75) is 6.42 Å². The van der Waals surface area contributed by atoms with Crippen LogP contribution in [0.3, 0.4) is 0 Å². The van der Waals surface area contributed by atoms with Gasteiger partial charge in [-0.1, -0.05) is 5.16 Å². The molecule has 0 saturated carbocycles. The smallest absolute Gasteiger partial charge is 0.277 e. The topological polar surface area (TPSA) is 90.7 Å². The number of thiazole rings is 1. The van der Waals surface area contributed by atoms with E-state index in [1.54, 1.807) is 23.7 Å². The van der Waals surface area contributed by atoms with Gasteiger partial charge in [0, 0.05) is 29.8 Å². The lowest BCUT2D eigenvalue weighted by Crippen LogP contribution is -2.01. The first-order chi connectivity index (χ1) is 9.36. The van der Waals surface area contributed by atoms with Gasteiger partial charge in [0.05, 0.1) is 5.01 Å². The summed E-state index contributed by atoms with van der Waals surface area (Å²) in [5.74, 6) is 0.926. The fourth-order valence-electron chi connectivity index (χ4n) is 1.59. The Balaban J connectivity index is 1.88. The lowest BCUT2D eigenvalue weighted by Gasteiger charge is -1.89. The first kappa shape index (κ1) is 11.9. The third-order valence-corrected chi connectivity index (χ3v) is 3.38. The van der Waals surface area contributed by atoms with Crippen LogP contribution in [-0.4, -0.2) is 26.7 Å². The third-order valence-electron chi connectivity index (χ3n) is 2.47. The molecule has 3 aromatic heterocycles. The molecule has 0 aliphatic heterocycles. The maximum absolute atomic E-state index is 5.50. The monoisotopic (exact) mass is 273 g/mol. The van der Waals surface area contributed by atoms with Gasteiger partial charge in [0.25, 0.3) is 5.89 Å². The molecule has 0 atom stereocenters. The highest BCUT2D eigenvalue weighted by Gasteiger charge is 2.13. The highest BCUT2D eigenvalue weighted by molar-refractivity contribution is 7.09. The van der Waals surface area contributed by atoms with Crippen LogP contribution in [0, 0.1) is 0 Å². The van der Waals surface area contributed by atoms with E-state index < -0.39 is 0 Å². The normalized spacial score (nSPS) is 10.8. The summed E-state index contributed by atoms with van der Waals surface area (Å²) >= 11 is 1.54. The van der Waals surface area contributed by atoms with E-state index in [4.69, 9.17) is 10.3 Å². The predicted octanol–water partition coefficient (Wildman–Crippen LogP) is 1.76. The number of hydrogen-bond donors (Lipinski definition) is 1. The van der Waals surface area contributed by atoms with Crippen molar-refractivity contribution < 1.29 is 4.52 Å². The Labute approximate surface area is 113 Å². The summed E-state index contributed by atoms with van der Waals surface area (Å²) in [5, 5.41) is 6.80. The Bertz CT molecular complexity index is 664. The van der Waals surface area contributed by atoms with Crippen LogP contribution in [-0.2, 0) is 6.42 Å². The minimum absolute atomic E-state index is 0.415. The summed E-state index contributed by atoms with van der Waals surface area (Å²) in [6.07, 6.45) is 4.15. The summed E-state index contributed by atoms with van der Waals surface area (Å²) in [7, 11) is 0. The molecular weight excluding hydrogens is 262 g/mol. The zero-order chi connectivity index (χ0) is 13.1. The van der Waals surface area contributed by atoms with Gasteiger partial charge < -0.3 is 10.3 Å². The first-order valence-electron chi connectivity index (χ1n) is 5.76. The second-order valence-corrected chi connectivity index (χ2v) is 4.77. The Morgan fingerprint density at radius 3 is 3.05 bits per heavy atom. The fourth-order valence-corrected chi connectivity index (χ4v) is 2.38. The van der Waals surface area contributed by atoms with E-state index in [1.807, 2.05) is 17.5 Å². The van der Waals surface area contributed by atoms with Crippen molar-refractivity contribution in [3.8, 4) is 23.0 Å². The van der Waals surface area contributed by atoms with Gasteiger partial charge in [-0.25, -0.2) is 4.98 Å². The van der Waals surface area contributed by atoms with E-state index in [0.717, 1.165) is 17.0 Å². The van der Waals surface area contributed by atoms with Crippen molar-refractivity contribution in [2.24, 2.45) is 5.73 Å². The standard InChI is InChI=1S/C12H11N5OS/c13-4-3-10-15-9(7-19-10)12-16-11(17-18-12)8-2-1-5-14-6-8/h1-2,5-7H,3-4,13H2. The zero-order valence-corrected chi connectivity index (χ0v) is 10.8. The van der Waals surface area contributed by atoms with Gasteiger partial charge in [-0.3, -0.25) is 4.98 Å². The van der Waals surface area contributed by atoms with Crippen LogP contribution in [0.1, 0.15) is 5.01 Å². The summed E-state index contributed by atoms with van der Waals surface area (Å²) in [6.45, 7) is 0.581. The van der Waals surface area contributed by atoms with Gasteiger partial charge in [0.2, 0.25) is 5.82 Å². The Morgan fingerprint density at radius 2 is 2.26 bits per heavy atom. The quantitative estimate of drug-likeness (QED) is 0.778. The first-order valence-corrected chi connectivity index (χ1v) is 6.64. The average Bonchev–Trinajstić information content (AvgIpc) is 3.08. The molecule has 0 spiro atoms. The maximum atomic E-state index is 5.50. The molecular formula is C12H11N5OS. The van der Waals surface area contributed by atoms with Crippen molar-refractivity contribution in [1.82, 2.24) is 20.1 Å². The van der Waals surface area contributed by atoms with Crippen LogP contribution in [0.15, 0.2) is 34.4 Å². The molecule has 7 heteroatoms. The molecule has 0 bridgehead atoms. The van der Waals surface area contributed by atoms with E-state index in [0.29, 0.717) is 24.0 Å². The molecule has 3 rings (SSSR count). The third kappa shape index (κ3) is 2.51. The van der Waals surface area contributed by atoms with Crippen LogP contribution in [0.5, 0.6) is 0 Å². The SMILES string of the molecule is NCCc1nc(-c2nc(-c3cccnc3)no2)cs1. The molecule has 3 heterocycles. The molecule has 3 aromatic rings. The summed E-state index contributed by atoms with van der Waals surface area (Å²) in [4.78, 5) is 12.7. The number of aromatic nitrogens is 4. The number of rotatable bonds is 4. The largest absolute Gasteiger partial charge is 0.332 e. The van der Waals surface area contributed by atoms with Gasteiger partial charge in [-0.05, 0) is 18.7 Å². The Hall–Kier alpha value is -2.12. The highest BCUT2D eigenvalue weighted by atomic mass is 32.1. The van der Waals surface area contributed by atoms with E-state index in [-0.39, 0.29) is 0 Å². The van der Waals surface area contributed by atoms with E-state index in [1.165, 1.54) is 0 Å². The molecule has 0 unspecified atom stereocenters. The zero-order valence-electron chi connectivity index (χ0n) is 9.98. The molecule has 96 valence electrons. The lowest BCUT2D eigenvalue weighted by atomic mass is 10.3. The molecule has 6 nitrogen and oxygen atoms in total. The molecule has 0 aliphatic rings. The fraction of sp³-hybridized carbons (Fsp3) is 0.167. The minimum atomic E-state index is 0.415. The summed E-state index contributed by atoms with van der Waals surface area (Å²) in [6, 6.07) is 3.70. The van der Waals surface area contributed by atoms with Crippen molar-refractivity contribution >= 4 is 11.3 Å². The van der Waals surface area contributed by atoms with Crippen molar-refractivity contribution in [3.05, 3.63) is 34.9 Å². The molecule has 0 radical (unpaired) electrons.